The lowest BCUT2D eigenvalue weighted by Gasteiger charge is -2.09. The van der Waals surface area contributed by atoms with E-state index in [1.165, 1.54) is 19.3 Å². The fourth-order valence-corrected chi connectivity index (χ4v) is 3.50. The standard InChI is InChI=1S/C12H27NO2S/c1-3-4-5-6-7-8-9-16(14,15)11-12(2)10-13/h12H,3-11,13H2,1-2H3. The molecule has 98 valence electrons. The van der Waals surface area contributed by atoms with E-state index in [1.54, 1.807) is 0 Å². The van der Waals surface area contributed by atoms with Crippen molar-refractivity contribution < 1.29 is 8.42 Å². The van der Waals surface area contributed by atoms with Crippen LogP contribution in [-0.4, -0.2) is 26.5 Å². The molecule has 0 aliphatic rings. The summed E-state index contributed by atoms with van der Waals surface area (Å²) in [5.74, 6) is 0.673. The zero-order valence-electron chi connectivity index (χ0n) is 10.7. The summed E-state index contributed by atoms with van der Waals surface area (Å²) in [7, 11) is -2.87. The van der Waals surface area contributed by atoms with Crippen molar-refractivity contribution in [2.24, 2.45) is 11.7 Å². The highest BCUT2D eigenvalue weighted by molar-refractivity contribution is 7.91. The van der Waals surface area contributed by atoms with E-state index < -0.39 is 9.84 Å². The van der Waals surface area contributed by atoms with Gasteiger partial charge in [0.05, 0.1) is 11.5 Å². The second-order valence-corrected chi connectivity index (χ2v) is 6.95. The van der Waals surface area contributed by atoms with Gasteiger partial charge in [0.15, 0.2) is 9.84 Å². The van der Waals surface area contributed by atoms with E-state index >= 15 is 0 Å². The van der Waals surface area contributed by atoms with Gasteiger partial charge in [-0.15, -0.1) is 0 Å². The second-order valence-electron chi connectivity index (χ2n) is 4.72. The molecule has 2 N–H and O–H groups in total. The summed E-state index contributed by atoms with van der Waals surface area (Å²) >= 11 is 0. The highest BCUT2D eigenvalue weighted by atomic mass is 32.2. The van der Waals surface area contributed by atoms with Gasteiger partial charge in [0.2, 0.25) is 0 Å². The van der Waals surface area contributed by atoms with Gasteiger partial charge < -0.3 is 5.73 Å². The molecule has 0 bridgehead atoms. The molecule has 0 rings (SSSR count). The van der Waals surface area contributed by atoms with E-state index in [-0.39, 0.29) is 11.7 Å². The Labute approximate surface area is 101 Å². The van der Waals surface area contributed by atoms with Crippen LogP contribution in [0.25, 0.3) is 0 Å². The SMILES string of the molecule is CCCCCCCCS(=O)(=O)CC(C)CN. The molecule has 0 spiro atoms. The fourth-order valence-electron chi connectivity index (χ4n) is 1.69. The van der Waals surface area contributed by atoms with Crippen LogP contribution in [0.1, 0.15) is 52.4 Å². The number of hydrogen-bond donors (Lipinski definition) is 1. The van der Waals surface area contributed by atoms with Gasteiger partial charge in [0.1, 0.15) is 0 Å². The van der Waals surface area contributed by atoms with Gasteiger partial charge in [0, 0.05) is 0 Å². The molecule has 4 heteroatoms. The van der Waals surface area contributed by atoms with Crippen molar-refractivity contribution >= 4 is 9.84 Å². The Balaban J connectivity index is 3.59. The molecule has 0 aromatic rings. The Morgan fingerprint density at radius 1 is 1.06 bits per heavy atom. The van der Waals surface area contributed by atoms with Gasteiger partial charge in [-0.05, 0) is 18.9 Å². The second kappa shape index (κ2) is 8.99. The average molecular weight is 249 g/mol. The molecular weight excluding hydrogens is 222 g/mol. The lowest BCUT2D eigenvalue weighted by atomic mass is 10.1. The van der Waals surface area contributed by atoms with Crippen molar-refractivity contribution in [1.29, 1.82) is 0 Å². The van der Waals surface area contributed by atoms with Crippen LogP contribution in [-0.2, 0) is 9.84 Å². The van der Waals surface area contributed by atoms with Crippen molar-refractivity contribution in [2.45, 2.75) is 52.4 Å². The van der Waals surface area contributed by atoms with E-state index in [4.69, 9.17) is 5.73 Å². The zero-order chi connectivity index (χ0) is 12.4. The van der Waals surface area contributed by atoms with Crippen molar-refractivity contribution in [2.75, 3.05) is 18.1 Å². The maximum absolute atomic E-state index is 11.6. The summed E-state index contributed by atoms with van der Waals surface area (Å²) in [5, 5.41) is 0. The quantitative estimate of drug-likeness (QED) is 0.605. The minimum Gasteiger partial charge on any atom is -0.330 e. The number of rotatable bonds is 10. The molecule has 16 heavy (non-hydrogen) atoms. The fraction of sp³-hybridized carbons (Fsp3) is 1.00. The van der Waals surface area contributed by atoms with Crippen LogP contribution in [0.3, 0.4) is 0 Å². The molecule has 0 heterocycles. The van der Waals surface area contributed by atoms with Gasteiger partial charge in [-0.2, -0.15) is 0 Å². The third kappa shape index (κ3) is 9.16. The highest BCUT2D eigenvalue weighted by Gasteiger charge is 2.14. The monoisotopic (exact) mass is 249 g/mol. The highest BCUT2D eigenvalue weighted by Crippen LogP contribution is 2.08. The molecular formula is C12H27NO2S. The Morgan fingerprint density at radius 3 is 2.19 bits per heavy atom. The first-order valence-corrected chi connectivity index (χ1v) is 8.24. The molecule has 0 aromatic heterocycles. The molecule has 0 aliphatic carbocycles. The Kier molecular flexibility index (Phi) is 8.94. The molecule has 0 aliphatic heterocycles. The van der Waals surface area contributed by atoms with E-state index in [0.29, 0.717) is 12.3 Å². The largest absolute Gasteiger partial charge is 0.330 e. The first-order chi connectivity index (χ1) is 7.52. The third-order valence-corrected chi connectivity index (χ3v) is 4.74. The summed E-state index contributed by atoms with van der Waals surface area (Å²) in [6.45, 7) is 4.52. The number of nitrogens with two attached hydrogens (primary N) is 1. The number of sulfone groups is 1. The van der Waals surface area contributed by atoms with Crippen LogP contribution in [0.15, 0.2) is 0 Å². The van der Waals surface area contributed by atoms with E-state index in [0.717, 1.165) is 19.3 Å². The summed E-state index contributed by atoms with van der Waals surface area (Å²) in [6.07, 6.45) is 6.73. The Hall–Kier alpha value is -0.0900. The summed E-state index contributed by atoms with van der Waals surface area (Å²) in [4.78, 5) is 0. The van der Waals surface area contributed by atoms with Gasteiger partial charge in [-0.3, -0.25) is 0 Å². The summed E-state index contributed by atoms with van der Waals surface area (Å²) < 4.78 is 23.3. The first-order valence-electron chi connectivity index (χ1n) is 6.42. The molecule has 1 atom stereocenters. The third-order valence-electron chi connectivity index (χ3n) is 2.75. The van der Waals surface area contributed by atoms with Gasteiger partial charge >= 0.3 is 0 Å². The van der Waals surface area contributed by atoms with Crippen molar-refractivity contribution in [3.63, 3.8) is 0 Å². The van der Waals surface area contributed by atoms with Crippen molar-refractivity contribution in [1.82, 2.24) is 0 Å². The number of hydrogen-bond acceptors (Lipinski definition) is 3. The van der Waals surface area contributed by atoms with Crippen LogP contribution in [0.5, 0.6) is 0 Å². The lowest BCUT2D eigenvalue weighted by molar-refractivity contribution is 0.565. The van der Waals surface area contributed by atoms with Gasteiger partial charge in [-0.25, -0.2) is 8.42 Å². The molecule has 3 nitrogen and oxygen atoms in total. The van der Waals surface area contributed by atoms with E-state index in [2.05, 4.69) is 6.92 Å². The molecule has 0 radical (unpaired) electrons. The summed E-state index contributed by atoms with van der Waals surface area (Å²) in [6, 6.07) is 0. The van der Waals surface area contributed by atoms with Gasteiger partial charge in [0.25, 0.3) is 0 Å². The Bertz CT molecular complexity index is 250. The minimum absolute atomic E-state index is 0.0880. The molecule has 1 unspecified atom stereocenters. The predicted molar refractivity (Wildman–Crippen MR) is 70.2 cm³/mol. The number of unbranched alkanes of at least 4 members (excludes halogenated alkanes) is 5. The van der Waals surface area contributed by atoms with Crippen LogP contribution in [0, 0.1) is 5.92 Å². The topological polar surface area (TPSA) is 60.2 Å². The minimum atomic E-state index is -2.87. The smallest absolute Gasteiger partial charge is 0.150 e. The first kappa shape index (κ1) is 15.9. The maximum atomic E-state index is 11.6. The van der Waals surface area contributed by atoms with Gasteiger partial charge in [-0.1, -0.05) is 46.0 Å². The zero-order valence-corrected chi connectivity index (χ0v) is 11.6. The molecule has 0 saturated heterocycles. The van der Waals surface area contributed by atoms with Crippen LogP contribution in [0.4, 0.5) is 0 Å². The van der Waals surface area contributed by atoms with Crippen LogP contribution in [0.2, 0.25) is 0 Å². The lowest BCUT2D eigenvalue weighted by Crippen LogP contribution is -2.22. The molecule has 0 amide bonds. The molecule has 0 aromatic carbocycles. The average Bonchev–Trinajstić information content (AvgIpc) is 2.22. The Morgan fingerprint density at radius 2 is 1.62 bits per heavy atom. The van der Waals surface area contributed by atoms with Crippen LogP contribution < -0.4 is 5.73 Å². The normalized spacial score (nSPS) is 13.9. The van der Waals surface area contributed by atoms with Crippen molar-refractivity contribution in [3.05, 3.63) is 0 Å². The van der Waals surface area contributed by atoms with E-state index in [1.807, 2.05) is 6.92 Å². The van der Waals surface area contributed by atoms with Crippen molar-refractivity contribution in [3.8, 4) is 0 Å². The predicted octanol–water partition coefficient (Wildman–Crippen LogP) is 2.36. The molecule has 0 fully saturated rings. The van der Waals surface area contributed by atoms with Crippen LogP contribution >= 0.6 is 0 Å². The summed E-state index contributed by atoms with van der Waals surface area (Å²) in [5.41, 5.74) is 5.42. The maximum Gasteiger partial charge on any atom is 0.150 e. The van der Waals surface area contributed by atoms with E-state index in [9.17, 15) is 8.42 Å². The molecule has 0 saturated carbocycles.